The van der Waals surface area contributed by atoms with Crippen LogP contribution in [0.3, 0.4) is 0 Å². The molecule has 2 heterocycles. The predicted octanol–water partition coefficient (Wildman–Crippen LogP) is 5.78. The highest BCUT2D eigenvalue weighted by Gasteiger charge is 2.51. The van der Waals surface area contributed by atoms with E-state index in [4.69, 9.17) is 21.0 Å². The minimum atomic E-state index is -2.08. The maximum absolute atomic E-state index is 13.7. The molecule has 0 saturated carbocycles. The second-order valence-corrected chi connectivity index (χ2v) is 15.1. The normalized spacial score (nSPS) is 19.9. The number of benzene rings is 2. The van der Waals surface area contributed by atoms with Gasteiger partial charge in [-0.15, -0.1) is 11.6 Å². The van der Waals surface area contributed by atoms with Crippen molar-refractivity contribution in [2.24, 2.45) is 0 Å². The Morgan fingerprint density at radius 1 is 1.09 bits per heavy atom. The first-order chi connectivity index (χ1) is 15.1. The van der Waals surface area contributed by atoms with E-state index in [0.29, 0.717) is 22.6 Å². The molecule has 3 atom stereocenters. The minimum Gasteiger partial charge on any atom is -0.407 e. The molecule has 1 saturated heterocycles. The summed E-state index contributed by atoms with van der Waals surface area (Å²) in [5.41, 5.74) is 1.75. The Bertz CT molecular complexity index is 1170. The van der Waals surface area contributed by atoms with E-state index in [0.717, 1.165) is 5.56 Å². The zero-order chi connectivity index (χ0) is 23.3. The van der Waals surface area contributed by atoms with Crippen LogP contribution < -0.4 is 10.6 Å². The van der Waals surface area contributed by atoms with Crippen molar-refractivity contribution in [1.82, 2.24) is 9.66 Å². The van der Waals surface area contributed by atoms with Gasteiger partial charge < -0.3 is 4.43 Å². The lowest BCUT2D eigenvalue weighted by molar-refractivity contribution is 0.188. The Kier molecular flexibility index (Phi) is 5.99. The molecular formula is C25H32ClN3O2Si. The number of alkyl halides is 1. The number of hydrogen-bond donors (Lipinski definition) is 0. The highest BCUT2D eigenvalue weighted by molar-refractivity contribution is 6.74. The standard InChI is InChI=1S/C25H32ClN3O2Si/c1-17(31-32(5,6)25(2,3)4)23-27-20-15-11-10-14-19(20)24(30)29(23)28-21(16-26)22(28)18-12-8-7-9-13-18/h7-15,17,21-22H,16H2,1-6H3/t17-,21-,22-,28?/m0/s1. The van der Waals surface area contributed by atoms with Crippen LogP contribution in [0.15, 0.2) is 59.4 Å². The van der Waals surface area contributed by atoms with Crippen LogP contribution in [0.2, 0.25) is 18.1 Å². The van der Waals surface area contributed by atoms with Gasteiger partial charge in [0.25, 0.3) is 5.56 Å². The van der Waals surface area contributed by atoms with Crippen LogP contribution in [-0.2, 0) is 4.43 Å². The average Bonchev–Trinajstić information content (AvgIpc) is 3.47. The number of halogens is 1. The van der Waals surface area contributed by atoms with Crippen LogP contribution in [-0.4, -0.2) is 29.9 Å². The van der Waals surface area contributed by atoms with Gasteiger partial charge in [-0.05, 0) is 42.8 Å². The van der Waals surface area contributed by atoms with Gasteiger partial charge in [-0.2, -0.15) is 0 Å². The third-order valence-corrected chi connectivity index (χ3v) is 11.7. The summed E-state index contributed by atoms with van der Waals surface area (Å²) in [6, 6.07) is 17.8. The molecule has 5 nitrogen and oxygen atoms in total. The molecule has 0 spiro atoms. The quantitative estimate of drug-likeness (QED) is 0.261. The van der Waals surface area contributed by atoms with Crippen LogP contribution in [0.25, 0.3) is 10.9 Å². The Morgan fingerprint density at radius 3 is 2.34 bits per heavy atom. The van der Waals surface area contributed by atoms with E-state index in [1.165, 1.54) is 0 Å². The molecule has 3 aromatic rings. The van der Waals surface area contributed by atoms with Gasteiger partial charge in [-0.3, -0.25) is 9.80 Å². The van der Waals surface area contributed by atoms with Gasteiger partial charge in [0, 0.05) is 5.88 Å². The molecule has 1 aliphatic rings. The highest BCUT2D eigenvalue weighted by Crippen LogP contribution is 2.43. The number of nitrogens with zero attached hydrogens (tertiary/aromatic N) is 3. The molecule has 2 aromatic carbocycles. The fourth-order valence-electron chi connectivity index (χ4n) is 4.02. The first-order valence-corrected chi connectivity index (χ1v) is 14.6. The van der Waals surface area contributed by atoms with Gasteiger partial charge in [0.1, 0.15) is 6.10 Å². The summed E-state index contributed by atoms with van der Waals surface area (Å²) in [6.07, 6.45) is -0.332. The molecular weight excluding hydrogens is 438 g/mol. The molecule has 1 fully saturated rings. The van der Waals surface area contributed by atoms with E-state index >= 15 is 0 Å². The second-order valence-electron chi connectivity index (χ2n) is 10.1. The molecule has 0 aliphatic carbocycles. The molecule has 0 amide bonds. The summed E-state index contributed by atoms with van der Waals surface area (Å²) in [5, 5.41) is 2.71. The van der Waals surface area contributed by atoms with Crippen molar-refractivity contribution in [2.45, 2.75) is 64.0 Å². The van der Waals surface area contributed by atoms with Gasteiger partial charge in [0.2, 0.25) is 0 Å². The molecule has 170 valence electrons. The molecule has 4 rings (SSSR count). The lowest BCUT2D eigenvalue weighted by atomic mass is 10.1. The van der Waals surface area contributed by atoms with Crippen LogP contribution in [0.4, 0.5) is 0 Å². The van der Waals surface area contributed by atoms with Crippen molar-refractivity contribution < 1.29 is 4.43 Å². The van der Waals surface area contributed by atoms with Gasteiger partial charge >= 0.3 is 0 Å². The van der Waals surface area contributed by atoms with Crippen molar-refractivity contribution in [3.8, 4) is 0 Å². The molecule has 0 N–H and O–H groups in total. The Labute approximate surface area is 196 Å². The lowest BCUT2D eigenvalue weighted by Crippen LogP contribution is -2.43. The van der Waals surface area contributed by atoms with Crippen LogP contribution in [0.5, 0.6) is 0 Å². The first-order valence-electron chi connectivity index (χ1n) is 11.2. The fraction of sp³-hybridized carbons (Fsp3) is 0.440. The van der Waals surface area contributed by atoms with E-state index in [9.17, 15) is 4.79 Å². The summed E-state index contributed by atoms with van der Waals surface area (Å²) in [6.45, 7) is 13.1. The fourth-order valence-corrected chi connectivity index (χ4v) is 5.67. The maximum atomic E-state index is 13.7. The predicted molar refractivity (Wildman–Crippen MR) is 135 cm³/mol. The zero-order valence-corrected chi connectivity index (χ0v) is 21.4. The number of para-hydroxylation sites is 1. The Balaban J connectivity index is 1.85. The summed E-state index contributed by atoms with van der Waals surface area (Å²) >= 11 is 6.36. The van der Waals surface area contributed by atoms with E-state index in [2.05, 4.69) is 51.0 Å². The molecule has 0 unspecified atom stereocenters. The highest BCUT2D eigenvalue weighted by atomic mass is 35.5. The smallest absolute Gasteiger partial charge is 0.280 e. The average molecular weight is 470 g/mol. The van der Waals surface area contributed by atoms with Gasteiger partial charge in [0.15, 0.2) is 14.1 Å². The van der Waals surface area contributed by atoms with Crippen molar-refractivity contribution in [3.63, 3.8) is 0 Å². The summed E-state index contributed by atoms with van der Waals surface area (Å²) in [5.74, 6) is 1.06. The summed E-state index contributed by atoms with van der Waals surface area (Å²) in [7, 11) is -2.08. The summed E-state index contributed by atoms with van der Waals surface area (Å²) in [4.78, 5) is 18.7. The monoisotopic (exact) mass is 469 g/mol. The van der Waals surface area contributed by atoms with Crippen molar-refractivity contribution in [3.05, 3.63) is 76.3 Å². The second kappa shape index (κ2) is 8.32. The van der Waals surface area contributed by atoms with Gasteiger partial charge in [-0.25, -0.2) is 9.66 Å². The number of hydrogen-bond acceptors (Lipinski definition) is 4. The Hall–Kier alpha value is -2.15. The van der Waals surface area contributed by atoms with Gasteiger partial charge in [-0.1, -0.05) is 63.2 Å². The molecule has 1 aliphatic heterocycles. The van der Waals surface area contributed by atoms with Crippen LogP contribution in [0, 0.1) is 0 Å². The SMILES string of the molecule is C[C@H](O[Si](C)(C)C(C)(C)C)c1nc2ccccc2c(=O)n1N1[C@@H](CCl)[C@@H]1c1ccccc1. The lowest BCUT2D eigenvalue weighted by Gasteiger charge is -2.38. The zero-order valence-electron chi connectivity index (χ0n) is 19.7. The molecule has 0 radical (unpaired) electrons. The maximum Gasteiger partial charge on any atom is 0.280 e. The van der Waals surface area contributed by atoms with E-state index < -0.39 is 8.32 Å². The van der Waals surface area contributed by atoms with Crippen molar-refractivity contribution in [1.29, 1.82) is 0 Å². The van der Waals surface area contributed by atoms with E-state index in [-0.39, 0.29) is 28.8 Å². The van der Waals surface area contributed by atoms with Crippen LogP contribution in [0.1, 0.15) is 51.2 Å². The van der Waals surface area contributed by atoms with Gasteiger partial charge in [0.05, 0.1) is 23.0 Å². The third-order valence-electron chi connectivity index (χ3n) is 6.85. The van der Waals surface area contributed by atoms with E-state index in [1.807, 2.05) is 49.4 Å². The minimum absolute atomic E-state index is 0.0264. The molecule has 32 heavy (non-hydrogen) atoms. The molecule has 7 heteroatoms. The van der Waals surface area contributed by atoms with Crippen LogP contribution >= 0.6 is 11.6 Å². The molecule has 0 bridgehead atoms. The largest absolute Gasteiger partial charge is 0.407 e. The topological polar surface area (TPSA) is 47.1 Å². The first kappa shape index (κ1) is 23.0. The third kappa shape index (κ3) is 4.00. The molecule has 1 aromatic heterocycles. The van der Waals surface area contributed by atoms with Crippen molar-refractivity contribution in [2.75, 3.05) is 10.9 Å². The number of aromatic nitrogens is 2. The van der Waals surface area contributed by atoms with E-state index in [1.54, 1.807) is 4.68 Å². The summed E-state index contributed by atoms with van der Waals surface area (Å²) < 4.78 is 8.40. The Morgan fingerprint density at radius 2 is 1.72 bits per heavy atom. The van der Waals surface area contributed by atoms with Crippen molar-refractivity contribution >= 4 is 30.8 Å². The number of fused-ring (bicyclic) bond motifs is 1. The number of rotatable bonds is 6.